The topological polar surface area (TPSA) is 77.4 Å². The van der Waals surface area contributed by atoms with Crippen molar-refractivity contribution in [2.45, 2.75) is 13.0 Å². The van der Waals surface area contributed by atoms with Crippen molar-refractivity contribution in [3.8, 4) is 11.5 Å². The summed E-state index contributed by atoms with van der Waals surface area (Å²) in [4.78, 5) is 32.6. The molecule has 0 spiro atoms. The summed E-state index contributed by atoms with van der Waals surface area (Å²) >= 11 is 6.07. The quantitative estimate of drug-likeness (QED) is 0.737. The molecule has 28 heavy (non-hydrogen) atoms. The van der Waals surface area contributed by atoms with Gasteiger partial charge < -0.3 is 14.3 Å². The Morgan fingerprint density at radius 1 is 1.11 bits per heavy atom. The van der Waals surface area contributed by atoms with Crippen molar-refractivity contribution in [3.05, 3.63) is 52.5 Å². The summed E-state index contributed by atoms with van der Waals surface area (Å²) in [7, 11) is 3.02. The van der Waals surface area contributed by atoms with Gasteiger partial charge in [-0.05, 0) is 36.8 Å². The van der Waals surface area contributed by atoms with Crippen LogP contribution in [0.3, 0.4) is 0 Å². The van der Waals surface area contributed by atoms with Crippen LogP contribution in [0, 0.1) is 12.8 Å². The number of nitrogens with zero attached hydrogens (tertiary/aromatic N) is 2. The van der Waals surface area contributed by atoms with Gasteiger partial charge in [-0.3, -0.25) is 9.59 Å². The number of anilines is 1. The maximum Gasteiger partial charge on any atom is 0.278 e. The van der Waals surface area contributed by atoms with Crippen LogP contribution < -0.4 is 14.4 Å². The van der Waals surface area contributed by atoms with Crippen molar-refractivity contribution in [1.82, 2.24) is 0 Å². The fourth-order valence-electron chi connectivity index (χ4n) is 3.55. The summed E-state index contributed by atoms with van der Waals surface area (Å²) in [5.74, 6) is -0.842. The number of carbonyl (C=O) groups excluding carboxylic acids is 2. The van der Waals surface area contributed by atoms with E-state index in [4.69, 9.17) is 25.9 Å². The lowest BCUT2D eigenvalue weighted by molar-refractivity contribution is -0.126. The molecule has 4 rings (SSSR count). The number of fused-ring (bicyclic) bond motifs is 1. The highest BCUT2D eigenvalue weighted by Crippen LogP contribution is 2.40. The van der Waals surface area contributed by atoms with Crippen molar-refractivity contribution in [3.63, 3.8) is 0 Å². The average molecular weight is 401 g/mol. The standard InChI is InChI=1S/C20H17ClN2O5/c1-10-7-8-11(21)9-13(10)23-19(24)15-16(22-28-18(15)20(23)25)12-5-4-6-14(26-2)17(12)27-3/h4-9,15,18H,1-3H3/t15-,18+/m1/s1. The molecule has 2 amide bonds. The highest BCUT2D eigenvalue weighted by molar-refractivity contribution is 6.34. The summed E-state index contributed by atoms with van der Waals surface area (Å²) in [6.45, 7) is 1.81. The van der Waals surface area contributed by atoms with E-state index in [1.807, 2.05) is 0 Å². The van der Waals surface area contributed by atoms with Gasteiger partial charge in [-0.1, -0.05) is 28.9 Å². The third-order valence-corrected chi connectivity index (χ3v) is 5.14. The van der Waals surface area contributed by atoms with Crippen LogP contribution in [0.15, 0.2) is 41.6 Å². The molecule has 0 unspecified atom stereocenters. The van der Waals surface area contributed by atoms with Crippen LogP contribution >= 0.6 is 11.6 Å². The number of ether oxygens (including phenoxy) is 2. The van der Waals surface area contributed by atoms with Gasteiger partial charge in [-0.2, -0.15) is 0 Å². The zero-order chi connectivity index (χ0) is 20.0. The molecule has 1 fully saturated rings. The molecule has 7 nitrogen and oxygen atoms in total. The molecular weight excluding hydrogens is 384 g/mol. The second kappa shape index (κ2) is 6.83. The van der Waals surface area contributed by atoms with Crippen LogP contribution in [0.25, 0.3) is 0 Å². The van der Waals surface area contributed by atoms with Crippen LogP contribution in [0.2, 0.25) is 5.02 Å². The second-order valence-corrected chi connectivity index (χ2v) is 6.90. The molecule has 8 heteroatoms. The monoisotopic (exact) mass is 400 g/mol. The smallest absolute Gasteiger partial charge is 0.278 e. The molecule has 2 atom stereocenters. The van der Waals surface area contributed by atoms with Gasteiger partial charge in [-0.15, -0.1) is 0 Å². The molecule has 0 aliphatic carbocycles. The van der Waals surface area contributed by atoms with E-state index < -0.39 is 23.8 Å². The third kappa shape index (κ3) is 2.62. The normalized spacial score (nSPS) is 20.7. The van der Waals surface area contributed by atoms with Crippen LogP contribution in [0.1, 0.15) is 11.1 Å². The first-order valence-electron chi connectivity index (χ1n) is 8.57. The number of para-hydroxylation sites is 1. The van der Waals surface area contributed by atoms with Crippen molar-refractivity contribution < 1.29 is 23.9 Å². The van der Waals surface area contributed by atoms with Crippen LogP contribution in [0.4, 0.5) is 5.69 Å². The molecule has 0 bridgehead atoms. The number of aryl methyl sites for hydroxylation is 1. The van der Waals surface area contributed by atoms with Crippen molar-refractivity contribution >= 4 is 34.8 Å². The zero-order valence-electron chi connectivity index (χ0n) is 15.4. The number of oxime groups is 1. The molecule has 2 aliphatic heterocycles. The van der Waals surface area contributed by atoms with Gasteiger partial charge in [-0.25, -0.2) is 4.90 Å². The second-order valence-electron chi connectivity index (χ2n) is 6.46. The summed E-state index contributed by atoms with van der Waals surface area (Å²) < 4.78 is 10.8. The Labute approximate surface area is 166 Å². The van der Waals surface area contributed by atoms with Crippen molar-refractivity contribution in [2.75, 3.05) is 19.1 Å². The Kier molecular flexibility index (Phi) is 4.47. The van der Waals surface area contributed by atoms with E-state index in [1.165, 1.54) is 14.2 Å². The number of halogens is 1. The summed E-state index contributed by atoms with van der Waals surface area (Å²) in [5.41, 5.74) is 2.07. The summed E-state index contributed by atoms with van der Waals surface area (Å²) in [6, 6.07) is 10.3. The first kappa shape index (κ1) is 18.3. The Morgan fingerprint density at radius 3 is 2.61 bits per heavy atom. The van der Waals surface area contributed by atoms with Gasteiger partial charge in [0.1, 0.15) is 11.6 Å². The van der Waals surface area contributed by atoms with Gasteiger partial charge in [0, 0.05) is 10.6 Å². The number of imide groups is 1. The van der Waals surface area contributed by atoms with Gasteiger partial charge in [0.25, 0.3) is 5.91 Å². The van der Waals surface area contributed by atoms with Gasteiger partial charge in [0.2, 0.25) is 12.0 Å². The lowest BCUT2D eigenvalue weighted by atomic mass is 9.93. The highest BCUT2D eigenvalue weighted by Gasteiger charge is 2.56. The molecule has 0 saturated carbocycles. The Morgan fingerprint density at radius 2 is 1.89 bits per heavy atom. The first-order valence-corrected chi connectivity index (χ1v) is 8.94. The molecule has 2 aromatic carbocycles. The molecule has 2 aliphatic rings. The molecule has 1 saturated heterocycles. The van der Waals surface area contributed by atoms with Gasteiger partial charge in [0.05, 0.1) is 19.9 Å². The number of hydrogen-bond acceptors (Lipinski definition) is 6. The minimum Gasteiger partial charge on any atom is -0.493 e. The fourth-order valence-corrected chi connectivity index (χ4v) is 3.72. The van der Waals surface area contributed by atoms with E-state index in [9.17, 15) is 9.59 Å². The van der Waals surface area contributed by atoms with Crippen LogP contribution in [-0.2, 0) is 14.4 Å². The van der Waals surface area contributed by atoms with E-state index >= 15 is 0 Å². The number of carbonyl (C=O) groups is 2. The predicted octanol–water partition coefficient (Wildman–Crippen LogP) is 2.96. The van der Waals surface area contributed by atoms with E-state index in [2.05, 4.69) is 5.16 Å². The maximum absolute atomic E-state index is 13.2. The molecule has 2 heterocycles. The zero-order valence-corrected chi connectivity index (χ0v) is 16.2. The number of methoxy groups -OCH3 is 2. The van der Waals surface area contributed by atoms with Gasteiger partial charge >= 0.3 is 0 Å². The van der Waals surface area contributed by atoms with E-state index in [0.717, 1.165) is 10.5 Å². The molecular formula is C20H17ClN2O5. The number of benzene rings is 2. The SMILES string of the molecule is COc1cccc(C2=NO[C@@H]3C(=O)N(c4cc(Cl)ccc4C)C(=O)[C@H]23)c1OC. The number of hydrogen-bond donors (Lipinski definition) is 0. The maximum atomic E-state index is 13.2. The Hall–Kier alpha value is -3.06. The molecule has 0 N–H and O–H groups in total. The lowest BCUT2D eigenvalue weighted by Crippen LogP contribution is -2.33. The van der Waals surface area contributed by atoms with Crippen molar-refractivity contribution in [1.29, 1.82) is 0 Å². The number of rotatable bonds is 4. The predicted molar refractivity (Wildman–Crippen MR) is 103 cm³/mol. The van der Waals surface area contributed by atoms with Crippen LogP contribution in [-0.4, -0.2) is 37.8 Å². The summed E-state index contributed by atoms with van der Waals surface area (Å²) in [6.07, 6.45) is -1.02. The van der Waals surface area contributed by atoms with E-state index in [1.54, 1.807) is 43.3 Å². The van der Waals surface area contributed by atoms with Crippen LogP contribution in [0.5, 0.6) is 11.5 Å². The first-order chi connectivity index (χ1) is 13.5. The minimum atomic E-state index is -1.02. The Bertz CT molecular complexity index is 1020. The molecule has 2 aromatic rings. The molecule has 0 aromatic heterocycles. The van der Waals surface area contributed by atoms with E-state index in [-0.39, 0.29) is 0 Å². The lowest BCUT2D eigenvalue weighted by Gasteiger charge is -2.18. The fraction of sp³-hybridized carbons (Fsp3) is 0.250. The molecule has 0 radical (unpaired) electrons. The summed E-state index contributed by atoms with van der Waals surface area (Å²) in [5, 5.41) is 4.46. The largest absolute Gasteiger partial charge is 0.493 e. The van der Waals surface area contributed by atoms with E-state index in [0.29, 0.717) is 33.5 Å². The van der Waals surface area contributed by atoms with Crippen molar-refractivity contribution in [2.24, 2.45) is 11.1 Å². The molecule has 144 valence electrons. The van der Waals surface area contributed by atoms with Gasteiger partial charge in [0.15, 0.2) is 11.5 Å². The Balaban J connectivity index is 1.77. The highest BCUT2D eigenvalue weighted by atomic mass is 35.5. The average Bonchev–Trinajstić information content (AvgIpc) is 3.23. The minimum absolute atomic E-state index is 0.335. The third-order valence-electron chi connectivity index (χ3n) is 4.90. The number of amides is 2.